The van der Waals surface area contributed by atoms with Gasteiger partial charge in [-0.2, -0.15) is 0 Å². The standard InChI is InChI=1S/C20H27N7O4/c1-11-18(28)24-17(20(30)22-2)12-6-7-16(31-3)13(9-12)15-10-27(26-25-15)8-4-5-14(21)19(29)23-11/h6-7,9-11,14,17H,4-5,8,21H2,1-3H3,(H,22,30)(H,23,29)(H,24,28)/t11-,14?,17+/m1/s1. The molecule has 1 aliphatic heterocycles. The number of nitrogens with zero attached hydrogens (tertiary/aromatic N) is 3. The molecule has 2 aromatic rings. The quantitative estimate of drug-likeness (QED) is 0.501. The van der Waals surface area contributed by atoms with Crippen molar-refractivity contribution in [1.29, 1.82) is 0 Å². The van der Waals surface area contributed by atoms with Gasteiger partial charge in [0.2, 0.25) is 17.7 Å². The van der Waals surface area contributed by atoms with Crippen molar-refractivity contribution in [2.75, 3.05) is 14.2 Å². The molecular formula is C20H27N7O4. The Bertz CT molecular complexity index is 974. The van der Waals surface area contributed by atoms with Gasteiger partial charge in [-0.05, 0) is 37.5 Å². The minimum absolute atomic E-state index is 0.412. The van der Waals surface area contributed by atoms with Crippen LogP contribution in [0.15, 0.2) is 24.4 Å². The van der Waals surface area contributed by atoms with Gasteiger partial charge in [0.1, 0.15) is 23.5 Å². The van der Waals surface area contributed by atoms with Crippen LogP contribution in [0.4, 0.5) is 0 Å². The Morgan fingerprint density at radius 3 is 2.77 bits per heavy atom. The van der Waals surface area contributed by atoms with Gasteiger partial charge in [0.05, 0.1) is 19.3 Å². The highest BCUT2D eigenvalue weighted by Crippen LogP contribution is 2.31. The summed E-state index contributed by atoms with van der Waals surface area (Å²) in [5, 5.41) is 16.2. The number of aromatic nitrogens is 3. The lowest BCUT2D eigenvalue weighted by atomic mass is 10.0. The summed E-state index contributed by atoms with van der Waals surface area (Å²) in [5.74, 6) is -0.798. The average Bonchev–Trinajstić information content (AvgIpc) is 3.24. The van der Waals surface area contributed by atoms with Crippen LogP contribution in [0.2, 0.25) is 0 Å². The van der Waals surface area contributed by atoms with E-state index in [1.807, 2.05) is 0 Å². The lowest BCUT2D eigenvalue weighted by molar-refractivity contribution is -0.132. The van der Waals surface area contributed by atoms with Crippen LogP contribution in [0.3, 0.4) is 0 Å². The highest BCUT2D eigenvalue weighted by molar-refractivity contribution is 5.93. The van der Waals surface area contributed by atoms with Crippen molar-refractivity contribution in [2.24, 2.45) is 5.73 Å². The lowest BCUT2D eigenvalue weighted by Gasteiger charge is -2.22. The molecule has 3 amide bonds. The molecule has 4 bridgehead atoms. The van der Waals surface area contributed by atoms with E-state index in [0.717, 1.165) is 0 Å². The number of hydrogen-bond acceptors (Lipinski definition) is 7. The number of rotatable bonds is 2. The molecular weight excluding hydrogens is 402 g/mol. The van der Waals surface area contributed by atoms with Crippen LogP contribution in [0, 0.1) is 0 Å². The predicted molar refractivity (Wildman–Crippen MR) is 112 cm³/mol. The van der Waals surface area contributed by atoms with Gasteiger partial charge in [0.15, 0.2) is 0 Å². The maximum absolute atomic E-state index is 12.7. The first-order valence-corrected chi connectivity index (χ1v) is 10.0. The van der Waals surface area contributed by atoms with Gasteiger partial charge in [-0.15, -0.1) is 5.10 Å². The summed E-state index contributed by atoms with van der Waals surface area (Å²) in [7, 11) is 3.02. The molecule has 0 fully saturated rings. The Hall–Kier alpha value is -3.47. The zero-order valence-corrected chi connectivity index (χ0v) is 17.7. The molecule has 0 saturated carbocycles. The fourth-order valence-corrected chi connectivity index (χ4v) is 3.34. The Morgan fingerprint density at radius 2 is 2.06 bits per heavy atom. The molecule has 0 radical (unpaired) electrons. The molecule has 166 valence electrons. The summed E-state index contributed by atoms with van der Waals surface area (Å²) >= 11 is 0. The van der Waals surface area contributed by atoms with Crippen molar-refractivity contribution in [3.8, 4) is 17.0 Å². The molecule has 5 N–H and O–H groups in total. The molecule has 0 saturated heterocycles. The first kappa shape index (κ1) is 22.2. The summed E-state index contributed by atoms with van der Waals surface area (Å²) in [6.07, 6.45) is 2.78. The number of nitrogens with one attached hydrogen (secondary N) is 3. The molecule has 1 aromatic carbocycles. The van der Waals surface area contributed by atoms with E-state index in [1.54, 1.807) is 36.2 Å². The number of likely N-dealkylation sites (N-methyl/N-ethyl adjacent to an activating group) is 1. The van der Waals surface area contributed by atoms with E-state index >= 15 is 0 Å². The zero-order chi connectivity index (χ0) is 22.5. The minimum Gasteiger partial charge on any atom is -0.496 e. The molecule has 11 nitrogen and oxygen atoms in total. The van der Waals surface area contributed by atoms with Gasteiger partial charge in [-0.25, -0.2) is 0 Å². The first-order valence-electron chi connectivity index (χ1n) is 10.0. The number of carbonyl (C=O) groups excluding carboxylic acids is 3. The maximum atomic E-state index is 12.7. The van der Waals surface area contributed by atoms with Crippen LogP contribution in [-0.2, 0) is 20.9 Å². The molecule has 1 aliphatic rings. The number of aryl methyl sites for hydroxylation is 1. The molecule has 2 heterocycles. The van der Waals surface area contributed by atoms with E-state index in [-0.39, 0.29) is 0 Å². The third-order valence-corrected chi connectivity index (χ3v) is 5.16. The maximum Gasteiger partial charge on any atom is 0.246 e. The summed E-state index contributed by atoms with van der Waals surface area (Å²) in [6.45, 7) is 2.06. The van der Waals surface area contributed by atoms with Crippen LogP contribution in [0.1, 0.15) is 31.4 Å². The number of carbonyl (C=O) groups is 3. The van der Waals surface area contributed by atoms with Crippen molar-refractivity contribution in [2.45, 2.75) is 44.4 Å². The van der Waals surface area contributed by atoms with Crippen molar-refractivity contribution < 1.29 is 19.1 Å². The minimum atomic E-state index is -0.988. The van der Waals surface area contributed by atoms with E-state index in [4.69, 9.17) is 10.5 Å². The Kier molecular flexibility index (Phi) is 6.85. The highest BCUT2D eigenvalue weighted by atomic mass is 16.5. The van der Waals surface area contributed by atoms with E-state index < -0.39 is 35.8 Å². The Balaban J connectivity index is 2.06. The van der Waals surface area contributed by atoms with E-state index in [9.17, 15) is 14.4 Å². The Morgan fingerprint density at radius 1 is 1.29 bits per heavy atom. The highest BCUT2D eigenvalue weighted by Gasteiger charge is 2.27. The molecule has 0 spiro atoms. The third kappa shape index (κ3) is 5.00. The molecule has 3 atom stereocenters. The van der Waals surface area contributed by atoms with Gasteiger partial charge in [0, 0.05) is 19.2 Å². The summed E-state index contributed by atoms with van der Waals surface area (Å²) in [4.78, 5) is 37.6. The molecule has 11 heteroatoms. The van der Waals surface area contributed by atoms with E-state index in [1.165, 1.54) is 14.0 Å². The molecule has 31 heavy (non-hydrogen) atoms. The summed E-state index contributed by atoms with van der Waals surface area (Å²) in [5.41, 5.74) is 7.68. The zero-order valence-electron chi connectivity index (χ0n) is 17.7. The number of ether oxygens (including phenoxy) is 1. The third-order valence-electron chi connectivity index (χ3n) is 5.16. The first-order chi connectivity index (χ1) is 14.8. The van der Waals surface area contributed by atoms with Gasteiger partial charge in [-0.3, -0.25) is 19.1 Å². The van der Waals surface area contributed by atoms with Gasteiger partial charge >= 0.3 is 0 Å². The summed E-state index contributed by atoms with van der Waals surface area (Å²) < 4.78 is 7.12. The van der Waals surface area contributed by atoms with Gasteiger partial charge in [0.25, 0.3) is 0 Å². The number of methoxy groups -OCH3 is 1. The number of nitrogens with two attached hydrogens (primary N) is 1. The SMILES string of the molecule is CNC(=O)[C@H]1NC(=O)[C@@H](C)NC(=O)C(N)CCCn2cc(nn2)-c2cc1ccc2OC. The topological polar surface area (TPSA) is 153 Å². The number of hydrogen-bond donors (Lipinski definition) is 4. The van der Waals surface area contributed by atoms with Crippen LogP contribution in [-0.4, -0.2) is 59.0 Å². The normalized spacial score (nSPS) is 22.3. The van der Waals surface area contributed by atoms with Crippen LogP contribution in [0.25, 0.3) is 11.3 Å². The largest absolute Gasteiger partial charge is 0.496 e. The fourth-order valence-electron chi connectivity index (χ4n) is 3.34. The second kappa shape index (κ2) is 9.56. The van der Waals surface area contributed by atoms with Crippen LogP contribution < -0.4 is 26.4 Å². The number of benzene rings is 1. The lowest BCUT2D eigenvalue weighted by Crippen LogP contribution is -2.52. The van der Waals surface area contributed by atoms with Crippen LogP contribution >= 0.6 is 0 Å². The monoisotopic (exact) mass is 429 g/mol. The molecule has 1 aromatic heterocycles. The van der Waals surface area contributed by atoms with Crippen LogP contribution in [0.5, 0.6) is 5.75 Å². The second-order valence-electron chi connectivity index (χ2n) is 7.36. The van der Waals surface area contributed by atoms with Gasteiger partial charge < -0.3 is 26.4 Å². The number of fused-ring (bicyclic) bond motifs is 5. The smallest absolute Gasteiger partial charge is 0.246 e. The van der Waals surface area contributed by atoms with Crippen molar-refractivity contribution >= 4 is 17.7 Å². The average molecular weight is 429 g/mol. The number of amides is 3. The molecule has 3 rings (SSSR count). The fraction of sp³-hybridized carbons (Fsp3) is 0.450. The second-order valence-corrected chi connectivity index (χ2v) is 7.36. The van der Waals surface area contributed by atoms with Gasteiger partial charge in [-0.1, -0.05) is 11.3 Å². The van der Waals surface area contributed by atoms with Crippen molar-refractivity contribution in [3.05, 3.63) is 30.0 Å². The Labute approximate surface area is 179 Å². The van der Waals surface area contributed by atoms with E-state index in [2.05, 4.69) is 26.3 Å². The van der Waals surface area contributed by atoms with Crippen molar-refractivity contribution in [3.63, 3.8) is 0 Å². The molecule has 0 aliphatic carbocycles. The predicted octanol–water partition coefficient (Wildman–Crippen LogP) is -0.517. The van der Waals surface area contributed by atoms with Crippen molar-refractivity contribution in [1.82, 2.24) is 30.9 Å². The molecule has 1 unspecified atom stereocenters. The van der Waals surface area contributed by atoms with E-state index in [0.29, 0.717) is 42.0 Å². The summed E-state index contributed by atoms with van der Waals surface area (Å²) in [6, 6.07) is 2.50.